The van der Waals surface area contributed by atoms with Gasteiger partial charge in [0.1, 0.15) is 0 Å². The minimum absolute atomic E-state index is 0. The maximum Gasteiger partial charge on any atom is 0.229 e. The second-order valence-corrected chi connectivity index (χ2v) is 8.88. The van der Waals surface area contributed by atoms with E-state index in [2.05, 4.69) is 10.2 Å². The molecule has 3 saturated heterocycles. The van der Waals surface area contributed by atoms with Gasteiger partial charge in [-0.25, -0.2) is 0 Å². The van der Waals surface area contributed by atoms with Gasteiger partial charge in [0, 0.05) is 39.1 Å². The number of piperidine rings is 1. The molecule has 27 heavy (non-hydrogen) atoms. The van der Waals surface area contributed by atoms with Gasteiger partial charge in [-0.05, 0) is 44.1 Å². The molecule has 0 unspecified atom stereocenters. The zero-order valence-corrected chi connectivity index (χ0v) is 17.2. The molecular weight excluding hydrogens is 366 g/mol. The van der Waals surface area contributed by atoms with Crippen LogP contribution in [0.2, 0.25) is 0 Å². The van der Waals surface area contributed by atoms with Crippen molar-refractivity contribution in [1.29, 1.82) is 0 Å². The van der Waals surface area contributed by atoms with Gasteiger partial charge in [0.25, 0.3) is 0 Å². The lowest BCUT2D eigenvalue weighted by atomic mass is 9.75. The summed E-state index contributed by atoms with van der Waals surface area (Å²) in [7, 11) is 0. The molecule has 0 radical (unpaired) electrons. The Morgan fingerprint density at radius 2 is 1.56 bits per heavy atom. The van der Waals surface area contributed by atoms with Gasteiger partial charge in [0.15, 0.2) is 0 Å². The lowest BCUT2D eigenvalue weighted by Gasteiger charge is -2.42. The number of halogens is 1. The number of morpholine rings is 1. The predicted octanol–water partition coefficient (Wildman–Crippen LogP) is 1.82. The van der Waals surface area contributed by atoms with Crippen LogP contribution in [0.4, 0.5) is 0 Å². The third-order valence-electron chi connectivity index (χ3n) is 7.31. The number of rotatable bonds is 3. The monoisotopic (exact) mass is 399 g/mol. The molecule has 4 rings (SSSR count). The van der Waals surface area contributed by atoms with E-state index in [0.29, 0.717) is 38.1 Å². The van der Waals surface area contributed by atoms with Crippen LogP contribution in [0.5, 0.6) is 0 Å². The lowest BCUT2D eigenvalue weighted by molar-refractivity contribution is -0.151. The van der Waals surface area contributed by atoms with Gasteiger partial charge >= 0.3 is 0 Å². The Hall–Kier alpha value is -0.850. The van der Waals surface area contributed by atoms with Gasteiger partial charge in [0.2, 0.25) is 11.8 Å². The van der Waals surface area contributed by atoms with Gasteiger partial charge in [-0.3, -0.25) is 9.59 Å². The summed E-state index contributed by atoms with van der Waals surface area (Å²) in [5, 5.41) is 3.49. The molecular formula is C20H34ClN3O3. The topological polar surface area (TPSA) is 61.9 Å². The number of nitrogens with one attached hydrogen (secondary N) is 1. The first-order valence-corrected chi connectivity index (χ1v) is 10.5. The molecule has 4 fully saturated rings. The second kappa shape index (κ2) is 8.66. The van der Waals surface area contributed by atoms with Gasteiger partial charge in [-0.2, -0.15) is 0 Å². The number of nitrogens with zero attached hydrogens (tertiary/aromatic N) is 2. The fourth-order valence-electron chi connectivity index (χ4n) is 5.47. The molecule has 0 aromatic heterocycles. The Morgan fingerprint density at radius 1 is 0.889 bits per heavy atom. The highest BCUT2D eigenvalue weighted by molar-refractivity contribution is 5.89. The van der Waals surface area contributed by atoms with E-state index < -0.39 is 5.41 Å². The molecule has 0 atom stereocenters. The van der Waals surface area contributed by atoms with Crippen LogP contribution in [0.1, 0.15) is 51.4 Å². The fourth-order valence-corrected chi connectivity index (χ4v) is 5.47. The van der Waals surface area contributed by atoms with Crippen molar-refractivity contribution in [2.45, 2.75) is 51.4 Å². The highest BCUT2D eigenvalue weighted by Crippen LogP contribution is 2.45. The Labute approximate surface area is 168 Å². The van der Waals surface area contributed by atoms with Gasteiger partial charge in [-0.15, -0.1) is 12.4 Å². The third kappa shape index (κ3) is 4.28. The van der Waals surface area contributed by atoms with Crippen LogP contribution in [0, 0.1) is 10.8 Å². The maximum atomic E-state index is 13.5. The number of hydrogen-bond acceptors (Lipinski definition) is 4. The highest BCUT2D eigenvalue weighted by Gasteiger charge is 2.47. The first-order valence-electron chi connectivity index (χ1n) is 10.5. The summed E-state index contributed by atoms with van der Waals surface area (Å²) < 4.78 is 5.36. The molecule has 4 aliphatic rings. The van der Waals surface area contributed by atoms with Crippen molar-refractivity contribution >= 4 is 24.2 Å². The molecule has 1 spiro atoms. The van der Waals surface area contributed by atoms with Crippen molar-refractivity contribution < 1.29 is 14.3 Å². The van der Waals surface area contributed by atoms with Crippen LogP contribution in [0.25, 0.3) is 0 Å². The summed E-state index contributed by atoms with van der Waals surface area (Å²) in [6.45, 7) is 6.54. The summed E-state index contributed by atoms with van der Waals surface area (Å²) in [4.78, 5) is 30.3. The molecule has 3 aliphatic heterocycles. The number of carbonyl (C=O) groups is 2. The van der Waals surface area contributed by atoms with Crippen LogP contribution < -0.4 is 5.32 Å². The van der Waals surface area contributed by atoms with E-state index in [1.807, 2.05) is 4.90 Å². The van der Waals surface area contributed by atoms with Crippen LogP contribution in [-0.2, 0) is 14.3 Å². The summed E-state index contributed by atoms with van der Waals surface area (Å²) in [6.07, 6.45) is 7.77. The summed E-state index contributed by atoms with van der Waals surface area (Å²) in [5.41, 5.74) is -0.0168. The molecule has 0 bridgehead atoms. The van der Waals surface area contributed by atoms with Crippen LogP contribution in [-0.4, -0.2) is 74.1 Å². The van der Waals surface area contributed by atoms with E-state index in [1.54, 1.807) is 0 Å². The van der Waals surface area contributed by atoms with Gasteiger partial charge in [-0.1, -0.05) is 12.8 Å². The number of ether oxygens (including phenoxy) is 1. The van der Waals surface area contributed by atoms with Crippen molar-refractivity contribution in [2.24, 2.45) is 10.8 Å². The smallest absolute Gasteiger partial charge is 0.229 e. The standard InChI is InChI=1S/C20H33N3O3.ClH/c24-17(22-11-13-26-14-12-22)15-20(3-1-2-4-20)18(25)23-9-6-19(7-10-23)5-8-21-16-19;/h21H,1-16H2;1H. The van der Waals surface area contributed by atoms with Crippen molar-refractivity contribution in [2.75, 3.05) is 52.5 Å². The minimum atomic E-state index is -0.437. The maximum absolute atomic E-state index is 13.5. The first kappa shape index (κ1) is 20.9. The summed E-state index contributed by atoms with van der Waals surface area (Å²) in [5.74, 6) is 0.412. The van der Waals surface area contributed by atoms with Crippen molar-refractivity contribution in [3.63, 3.8) is 0 Å². The first-order chi connectivity index (χ1) is 12.6. The molecule has 0 aromatic carbocycles. The lowest BCUT2D eigenvalue weighted by Crippen LogP contribution is -2.51. The number of hydrogen-bond donors (Lipinski definition) is 1. The van der Waals surface area contributed by atoms with Crippen LogP contribution in [0.3, 0.4) is 0 Å². The predicted molar refractivity (Wildman–Crippen MR) is 106 cm³/mol. The van der Waals surface area contributed by atoms with Gasteiger partial charge in [0.05, 0.1) is 18.6 Å². The van der Waals surface area contributed by atoms with Crippen LogP contribution >= 0.6 is 12.4 Å². The average Bonchev–Trinajstić information content (AvgIpc) is 3.33. The van der Waals surface area contributed by atoms with E-state index in [1.165, 1.54) is 6.42 Å². The minimum Gasteiger partial charge on any atom is -0.378 e. The van der Waals surface area contributed by atoms with Gasteiger partial charge < -0.3 is 19.9 Å². The normalized spacial score (nSPS) is 26.8. The molecule has 0 aromatic rings. The summed E-state index contributed by atoms with van der Waals surface area (Å²) in [6, 6.07) is 0. The van der Waals surface area contributed by atoms with Crippen molar-refractivity contribution in [3.8, 4) is 0 Å². The molecule has 154 valence electrons. The van der Waals surface area contributed by atoms with Crippen molar-refractivity contribution in [3.05, 3.63) is 0 Å². The molecule has 6 nitrogen and oxygen atoms in total. The van der Waals surface area contributed by atoms with E-state index >= 15 is 0 Å². The molecule has 1 aliphatic carbocycles. The zero-order valence-electron chi connectivity index (χ0n) is 16.3. The second-order valence-electron chi connectivity index (χ2n) is 8.88. The SMILES string of the molecule is Cl.O=C(CC1(C(=O)N2CCC3(CCNC3)CC2)CCCC1)N1CCOCC1. The molecule has 7 heteroatoms. The quantitative estimate of drug-likeness (QED) is 0.786. The third-order valence-corrected chi connectivity index (χ3v) is 7.31. The average molecular weight is 400 g/mol. The van der Waals surface area contributed by atoms with E-state index in [9.17, 15) is 9.59 Å². The summed E-state index contributed by atoms with van der Waals surface area (Å²) >= 11 is 0. The largest absolute Gasteiger partial charge is 0.378 e. The highest BCUT2D eigenvalue weighted by atomic mass is 35.5. The number of amides is 2. The molecule has 2 amide bonds. The Balaban J connectivity index is 0.00000210. The van der Waals surface area contributed by atoms with E-state index in [-0.39, 0.29) is 24.2 Å². The number of likely N-dealkylation sites (tertiary alicyclic amines) is 1. The van der Waals surface area contributed by atoms with Crippen molar-refractivity contribution in [1.82, 2.24) is 15.1 Å². The van der Waals surface area contributed by atoms with E-state index in [0.717, 1.165) is 64.7 Å². The Kier molecular flexibility index (Phi) is 6.70. The van der Waals surface area contributed by atoms with E-state index in [4.69, 9.17) is 4.74 Å². The molecule has 1 N–H and O–H groups in total. The molecule has 3 heterocycles. The zero-order chi connectivity index (χ0) is 18.0. The Morgan fingerprint density at radius 3 is 2.15 bits per heavy atom. The fraction of sp³-hybridized carbons (Fsp3) is 0.900. The Bertz CT molecular complexity index is 529. The number of carbonyl (C=O) groups excluding carboxylic acids is 2. The van der Waals surface area contributed by atoms with Crippen LogP contribution in [0.15, 0.2) is 0 Å². The molecule has 1 saturated carbocycles.